The van der Waals surface area contributed by atoms with Crippen LogP contribution in [0.2, 0.25) is 5.02 Å². The Hall–Kier alpha value is -1.85. The molecule has 1 unspecified atom stereocenters. The van der Waals surface area contributed by atoms with E-state index in [0.717, 1.165) is 12.0 Å². The van der Waals surface area contributed by atoms with Crippen LogP contribution in [0.15, 0.2) is 30.3 Å². The molecule has 1 atom stereocenters. The molecule has 4 N–H and O–H groups in total. The first-order chi connectivity index (χ1) is 9.56. The Kier molecular flexibility index (Phi) is 4.76. The fraction of sp³-hybridized carbons (Fsp3) is 0.286. The average molecular weight is 293 g/mol. The Labute approximate surface area is 122 Å². The molecule has 106 valence electrons. The maximum Gasteiger partial charge on any atom is 0.269 e. The van der Waals surface area contributed by atoms with E-state index in [1.165, 1.54) is 0 Å². The van der Waals surface area contributed by atoms with Gasteiger partial charge in [0.1, 0.15) is 5.69 Å². The Morgan fingerprint density at radius 2 is 2.15 bits per heavy atom. The summed E-state index contributed by atoms with van der Waals surface area (Å²) in [5, 5.41) is 10.3. The SMILES string of the molecule is CC(N)CCNC(=O)c1cc(-c2ccc(Cl)cc2)n[nH]1. The summed E-state index contributed by atoms with van der Waals surface area (Å²) in [4.78, 5) is 11.9. The molecule has 0 saturated heterocycles. The molecule has 1 heterocycles. The highest BCUT2D eigenvalue weighted by atomic mass is 35.5. The Bertz CT molecular complexity index is 577. The summed E-state index contributed by atoms with van der Waals surface area (Å²) in [6.45, 7) is 2.45. The van der Waals surface area contributed by atoms with Gasteiger partial charge in [-0.1, -0.05) is 23.7 Å². The molecular formula is C14H17ClN4O. The number of amides is 1. The van der Waals surface area contributed by atoms with Crippen LogP contribution in [0.25, 0.3) is 11.3 Å². The number of nitrogens with zero attached hydrogens (tertiary/aromatic N) is 1. The zero-order valence-corrected chi connectivity index (χ0v) is 11.9. The minimum atomic E-state index is -0.182. The molecule has 2 rings (SSSR count). The number of carbonyl (C=O) groups excluding carboxylic acids is 1. The highest BCUT2D eigenvalue weighted by molar-refractivity contribution is 6.30. The highest BCUT2D eigenvalue weighted by Gasteiger charge is 2.10. The van der Waals surface area contributed by atoms with Crippen molar-refractivity contribution in [2.24, 2.45) is 5.73 Å². The molecular weight excluding hydrogens is 276 g/mol. The third kappa shape index (κ3) is 3.82. The lowest BCUT2D eigenvalue weighted by molar-refractivity contribution is 0.0948. The predicted molar refractivity (Wildman–Crippen MR) is 79.6 cm³/mol. The minimum absolute atomic E-state index is 0.0710. The van der Waals surface area contributed by atoms with E-state index < -0.39 is 0 Å². The van der Waals surface area contributed by atoms with E-state index in [9.17, 15) is 4.79 Å². The van der Waals surface area contributed by atoms with Crippen molar-refractivity contribution in [1.29, 1.82) is 0 Å². The van der Waals surface area contributed by atoms with Crippen LogP contribution in [-0.4, -0.2) is 28.7 Å². The molecule has 0 bridgehead atoms. The van der Waals surface area contributed by atoms with Crippen LogP contribution < -0.4 is 11.1 Å². The largest absolute Gasteiger partial charge is 0.351 e. The molecule has 0 aliphatic heterocycles. The lowest BCUT2D eigenvalue weighted by Crippen LogP contribution is -2.29. The molecule has 0 radical (unpaired) electrons. The predicted octanol–water partition coefficient (Wildman–Crippen LogP) is 2.20. The van der Waals surface area contributed by atoms with Crippen molar-refractivity contribution >= 4 is 17.5 Å². The Morgan fingerprint density at radius 1 is 1.45 bits per heavy atom. The van der Waals surface area contributed by atoms with Gasteiger partial charge in [-0.05, 0) is 31.5 Å². The number of H-pyrrole nitrogens is 1. The number of hydrogen-bond acceptors (Lipinski definition) is 3. The summed E-state index contributed by atoms with van der Waals surface area (Å²) in [6, 6.07) is 9.07. The monoisotopic (exact) mass is 292 g/mol. The van der Waals surface area contributed by atoms with Crippen LogP contribution in [0.4, 0.5) is 0 Å². The molecule has 20 heavy (non-hydrogen) atoms. The first-order valence-corrected chi connectivity index (χ1v) is 6.79. The van der Waals surface area contributed by atoms with E-state index in [-0.39, 0.29) is 11.9 Å². The first kappa shape index (κ1) is 14.6. The molecule has 1 aromatic heterocycles. The zero-order valence-electron chi connectivity index (χ0n) is 11.2. The van der Waals surface area contributed by atoms with E-state index in [2.05, 4.69) is 15.5 Å². The fourth-order valence-electron chi connectivity index (χ4n) is 1.72. The molecule has 0 fully saturated rings. The first-order valence-electron chi connectivity index (χ1n) is 6.41. The van der Waals surface area contributed by atoms with Crippen molar-refractivity contribution in [3.63, 3.8) is 0 Å². The maximum atomic E-state index is 11.9. The number of nitrogens with two attached hydrogens (primary N) is 1. The van der Waals surface area contributed by atoms with Gasteiger partial charge in [0.25, 0.3) is 5.91 Å². The van der Waals surface area contributed by atoms with Crippen LogP contribution in [0.5, 0.6) is 0 Å². The molecule has 0 aliphatic carbocycles. The smallest absolute Gasteiger partial charge is 0.269 e. The van der Waals surface area contributed by atoms with Crippen molar-refractivity contribution < 1.29 is 4.79 Å². The number of aromatic amines is 1. The molecule has 1 aromatic carbocycles. The second kappa shape index (κ2) is 6.54. The van der Waals surface area contributed by atoms with Gasteiger partial charge < -0.3 is 11.1 Å². The van der Waals surface area contributed by atoms with E-state index >= 15 is 0 Å². The number of hydrogen-bond donors (Lipinski definition) is 3. The van der Waals surface area contributed by atoms with Gasteiger partial charge in [-0.3, -0.25) is 9.89 Å². The van der Waals surface area contributed by atoms with Gasteiger partial charge in [-0.15, -0.1) is 0 Å². The van der Waals surface area contributed by atoms with E-state index in [1.807, 2.05) is 19.1 Å². The number of halogens is 1. The van der Waals surface area contributed by atoms with Crippen LogP contribution >= 0.6 is 11.6 Å². The van der Waals surface area contributed by atoms with Gasteiger partial charge >= 0.3 is 0 Å². The van der Waals surface area contributed by atoms with Gasteiger partial charge in [0.05, 0.1) is 5.69 Å². The topological polar surface area (TPSA) is 83.8 Å². The normalized spacial score (nSPS) is 12.2. The van der Waals surface area contributed by atoms with Gasteiger partial charge in [0.2, 0.25) is 0 Å². The number of carbonyl (C=O) groups is 1. The maximum absolute atomic E-state index is 11.9. The van der Waals surface area contributed by atoms with Crippen molar-refractivity contribution in [3.8, 4) is 11.3 Å². The number of rotatable bonds is 5. The minimum Gasteiger partial charge on any atom is -0.351 e. The van der Waals surface area contributed by atoms with Crippen molar-refractivity contribution in [2.45, 2.75) is 19.4 Å². The summed E-state index contributed by atoms with van der Waals surface area (Å²) in [7, 11) is 0. The third-order valence-corrected chi connectivity index (χ3v) is 3.10. The van der Waals surface area contributed by atoms with E-state index in [1.54, 1.807) is 18.2 Å². The quantitative estimate of drug-likeness (QED) is 0.790. The average Bonchev–Trinajstić information content (AvgIpc) is 2.88. The summed E-state index contributed by atoms with van der Waals surface area (Å²) >= 11 is 5.83. The van der Waals surface area contributed by atoms with Crippen LogP contribution in [0.1, 0.15) is 23.8 Å². The summed E-state index contributed by atoms with van der Waals surface area (Å²) < 4.78 is 0. The van der Waals surface area contributed by atoms with Crippen LogP contribution in [0, 0.1) is 0 Å². The second-order valence-electron chi connectivity index (χ2n) is 4.70. The molecule has 2 aromatic rings. The fourth-order valence-corrected chi connectivity index (χ4v) is 1.84. The standard InChI is InChI=1S/C14H17ClN4O/c1-9(16)6-7-17-14(20)13-8-12(18-19-13)10-2-4-11(15)5-3-10/h2-5,8-9H,6-7,16H2,1H3,(H,17,20)(H,18,19). The number of benzene rings is 1. The van der Waals surface area contributed by atoms with Crippen molar-refractivity contribution in [3.05, 3.63) is 41.0 Å². The van der Waals surface area contributed by atoms with Crippen LogP contribution in [-0.2, 0) is 0 Å². The highest BCUT2D eigenvalue weighted by Crippen LogP contribution is 2.20. The Morgan fingerprint density at radius 3 is 2.80 bits per heavy atom. The van der Waals surface area contributed by atoms with Crippen molar-refractivity contribution in [1.82, 2.24) is 15.5 Å². The van der Waals surface area contributed by atoms with Gasteiger partial charge in [0.15, 0.2) is 0 Å². The molecule has 5 nitrogen and oxygen atoms in total. The number of nitrogens with one attached hydrogen (secondary N) is 2. The summed E-state index contributed by atoms with van der Waals surface area (Å²) in [6.07, 6.45) is 0.740. The summed E-state index contributed by atoms with van der Waals surface area (Å²) in [5.74, 6) is -0.182. The lowest BCUT2D eigenvalue weighted by atomic mass is 10.1. The summed E-state index contributed by atoms with van der Waals surface area (Å²) in [5.41, 5.74) is 7.67. The molecule has 1 amide bonds. The van der Waals surface area contributed by atoms with E-state index in [4.69, 9.17) is 17.3 Å². The van der Waals surface area contributed by atoms with Gasteiger partial charge in [-0.2, -0.15) is 5.10 Å². The van der Waals surface area contributed by atoms with Gasteiger partial charge in [0, 0.05) is 23.2 Å². The third-order valence-electron chi connectivity index (χ3n) is 2.85. The second-order valence-corrected chi connectivity index (χ2v) is 5.13. The molecule has 0 aliphatic rings. The van der Waals surface area contributed by atoms with Crippen LogP contribution in [0.3, 0.4) is 0 Å². The molecule has 6 heteroatoms. The van der Waals surface area contributed by atoms with Crippen molar-refractivity contribution in [2.75, 3.05) is 6.54 Å². The zero-order chi connectivity index (χ0) is 14.5. The lowest BCUT2D eigenvalue weighted by Gasteiger charge is -2.05. The molecule has 0 spiro atoms. The van der Waals surface area contributed by atoms with Gasteiger partial charge in [-0.25, -0.2) is 0 Å². The number of aromatic nitrogens is 2. The molecule has 0 saturated carbocycles. The Balaban J connectivity index is 2.01. The van der Waals surface area contributed by atoms with E-state index in [0.29, 0.717) is 23.0 Å².